The fourth-order valence-corrected chi connectivity index (χ4v) is 2.45. The van der Waals surface area contributed by atoms with Crippen molar-refractivity contribution in [3.63, 3.8) is 0 Å². The van der Waals surface area contributed by atoms with Crippen molar-refractivity contribution in [2.75, 3.05) is 5.32 Å². The largest absolute Gasteiger partial charge is 0.361 e. The molecule has 19 heavy (non-hydrogen) atoms. The maximum atomic E-state index is 12.3. The average Bonchev–Trinajstić information content (AvgIpc) is 2.72. The predicted octanol–water partition coefficient (Wildman–Crippen LogP) is 2.38. The fraction of sp³-hybridized carbons (Fsp3) is 0.462. The number of hydrogen-bond donors (Lipinski definition) is 1. The minimum absolute atomic E-state index is 0.101. The number of nitrogens with one attached hydrogen (secondary N) is 1. The van der Waals surface area contributed by atoms with E-state index in [4.69, 9.17) is 0 Å². The molecule has 1 N–H and O–H groups in total. The standard InChI is InChI=1S/C13H18N4OS/c1-9-15-7-10(19-9)8-16-11-12(18)17(6-5-14-11)13(2,3)4/h5-7H,8H2,1-4H3,(H,14,16). The molecular formula is C13H18N4OS. The van der Waals surface area contributed by atoms with Crippen molar-refractivity contribution in [2.24, 2.45) is 0 Å². The van der Waals surface area contributed by atoms with Crippen molar-refractivity contribution in [3.8, 4) is 0 Å². The number of thiazole rings is 1. The van der Waals surface area contributed by atoms with E-state index in [2.05, 4.69) is 15.3 Å². The van der Waals surface area contributed by atoms with Gasteiger partial charge in [0.2, 0.25) is 0 Å². The van der Waals surface area contributed by atoms with E-state index >= 15 is 0 Å². The second-order valence-corrected chi connectivity index (χ2v) is 6.64. The van der Waals surface area contributed by atoms with Crippen LogP contribution in [-0.2, 0) is 12.1 Å². The first-order valence-electron chi connectivity index (χ1n) is 6.11. The topological polar surface area (TPSA) is 59.8 Å². The van der Waals surface area contributed by atoms with Crippen LogP contribution in [0.25, 0.3) is 0 Å². The molecule has 0 saturated heterocycles. The van der Waals surface area contributed by atoms with Crippen LogP contribution in [0.3, 0.4) is 0 Å². The van der Waals surface area contributed by atoms with Crippen molar-refractivity contribution < 1.29 is 0 Å². The van der Waals surface area contributed by atoms with Crippen LogP contribution in [0, 0.1) is 6.92 Å². The molecule has 0 aliphatic heterocycles. The van der Waals surface area contributed by atoms with Crippen LogP contribution in [0.4, 0.5) is 5.82 Å². The van der Waals surface area contributed by atoms with Gasteiger partial charge in [-0.3, -0.25) is 4.79 Å². The van der Waals surface area contributed by atoms with Gasteiger partial charge < -0.3 is 9.88 Å². The molecule has 0 aliphatic carbocycles. The molecule has 6 heteroatoms. The molecule has 0 amide bonds. The molecule has 0 fully saturated rings. The summed E-state index contributed by atoms with van der Waals surface area (Å²) in [6.45, 7) is 8.50. The molecule has 0 aromatic carbocycles. The van der Waals surface area contributed by atoms with Gasteiger partial charge in [0.15, 0.2) is 5.82 Å². The summed E-state index contributed by atoms with van der Waals surface area (Å²) < 4.78 is 1.68. The molecule has 102 valence electrons. The van der Waals surface area contributed by atoms with E-state index in [1.54, 1.807) is 28.3 Å². The van der Waals surface area contributed by atoms with Crippen LogP contribution in [0.2, 0.25) is 0 Å². The third-order valence-corrected chi connectivity index (χ3v) is 3.58. The van der Waals surface area contributed by atoms with E-state index in [9.17, 15) is 4.79 Å². The van der Waals surface area contributed by atoms with Crippen molar-refractivity contribution in [3.05, 3.63) is 38.8 Å². The monoisotopic (exact) mass is 278 g/mol. The first kappa shape index (κ1) is 13.7. The third kappa shape index (κ3) is 3.20. The number of aryl methyl sites for hydroxylation is 1. The second kappa shape index (κ2) is 5.13. The molecular weight excluding hydrogens is 260 g/mol. The maximum absolute atomic E-state index is 12.3. The lowest BCUT2D eigenvalue weighted by atomic mass is 10.1. The van der Waals surface area contributed by atoms with Gasteiger partial charge in [-0.05, 0) is 27.7 Å². The molecule has 2 aromatic rings. The van der Waals surface area contributed by atoms with Gasteiger partial charge in [0.05, 0.1) is 11.6 Å². The molecule has 0 atom stereocenters. The normalized spacial score (nSPS) is 11.6. The van der Waals surface area contributed by atoms with Crippen LogP contribution < -0.4 is 10.9 Å². The number of nitrogens with zero attached hydrogens (tertiary/aromatic N) is 3. The fourth-order valence-electron chi connectivity index (χ4n) is 1.72. The van der Waals surface area contributed by atoms with Crippen LogP contribution in [0.15, 0.2) is 23.4 Å². The van der Waals surface area contributed by atoms with E-state index in [1.807, 2.05) is 33.9 Å². The Balaban J connectivity index is 2.20. The lowest BCUT2D eigenvalue weighted by molar-refractivity contribution is 0.383. The summed E-state index contributed by atoms with van der Waals surface area (Å²) >= 11 is 1.61. The lowest BCUT2D eigenvalue weighted by Crippen LogP contribution is -2.35. The molecule has 0 saturated carbocycles. The molecule has 0 aliphatic rings. The molecule has 2 aromatic heterocycles. The Hall–Kier alpha value is -1.69. The van der Waals surface area contributed by atoms with E-state index in [-0.39, 0.29) is 11.1 Å². The molecule has 0 bridgehead atoms. The Labute approximate surface area is 116 Å². The zero-order valence-corrected chi connectivity index (χ0v) is 12.4. The quantitative estimate of drug-likeness (QED) is 0.936. The van der Waals surface area contributed by atoms with Gasteiger partial charge in [-0.15, -0.1) is 11.3 Å². The highest BCUT2D eigenvalue weighted by Crippen LogP contribution is 2.13. The Morgan fingerprint density at radius 1 is 1.37 bits per heavy atom. The first-order valence-corrected chi connectivity index (χ1v) is 6.93. The van der Waals surface area contributed by atoms with E-state index in [1.165, 1.54) is 0 Å². The van der Waals surface area contributed by atoms with Crippen LogP contribution in [-0.4, -0.2) is 14.5 Å². The Bertz CT molecular complexity index is 624. The summed E-state index contributed by atoms with van der Waals surface area (Å²) in [5.74, 6) is 0.378. The molecule has 0 unspecified atom stereocenters. The third-order valence-electron chi connectivity index (χ3n) is 2.66. The first-order chi connectivity index (χ1) is 8.88. The van der Waals surface area contributed by atoms with Gasteiger partial charge in [-0.1, -0.05) is 0 Å². The van der Waals surface area contributed by atoms with Crippen LogP contribution in [0.1, 0.15) is 30.7 Å². The molecule has 2 rings (SSSR count). The minimum atomic E-state index is -0.252. The van der Waals surface area contributed by atoms with Gasteiger partial charge in [0, 0.05) is 29.0 Å². The highest BCUT2D eigenvalue weighted by molar-refractivity contribution is 7.11. The highest BCUT2D eigenvalue weighted by atomic mass is 32.1. The van der Waals surface area contributed by atoms with Gasteiger partial charge in [0.25, 0.3) is 5.56 Å². The minimum Gasteiger partial charge on any atom is -0.361 e. The summed E-state index contributed by atoms with van der Waals surface area (Å²) in [5, 5.41) is 4.10. The summed E-state index contributed by atoms with van der Waals surface area (Å²) in [4.78, 5) is 21.7. The average molecular weight is 278 g/mol. The summed E-state index contributed by atoms with van der Waals surface area (Å²) in [6, 6.07) is 0. The number of hydrogen-bond acceptors (Lipinski definition) is 5. The highest BCUT2D eigenvalue weighted by Gasteiger charge is 2.16. The van der Waals surface area contributed by atoms with E-state index in [0.29, 0.717) is 12.4 Å². The van der Waals surface area contributed by atoms with Gasteiger partial charge in [-0.25, -0.2) is 9.97 Å². The van der Waals surface area contributed by atoms with Crippen molar-refractivity contribution >= 4 is 17.2 Å². The van der Waals surface area contributed by atoms with Gasteiger partial charge >= 0.3 is 0 Å². The zero-order valence-electron chi connectivity index (χ0n) is 11.6. The molecule has 2 heterocycles. The Kier molecular flexibility index (Phi) is 3.71. The molecule has 0 spiro atoms. The molecule has 5 nitrogen and oxygen atoms in total. The van der Waals surface area contributed by atoms with Gasteiger partial charge in [-0.2, -0.15) is 0 Å². The number of rotatable bonds is 3. The summed E-state index contributed by atoms with van der Waals surface area (Å²) in [6.07, 6.45) is 5.18. The lowest BCUT2D eigenvalue weighted by Gasteiger charge is -2.22. The number of anilines is 1. The smallest absolute Gasteiger partial charge is 0.293 e. The Morgan fingerprint density at radius 3 is 2.68 bits per heavy atom. The summed E-state index contributed by atoms with van der Waals surface area (Å²) in [7, 11) is 0. The van der Waals surface area contributed by atoms with Crippen molar-refractivity contribution in [1.29, 1.82) is 0 Å². The van der Waals surface area contributed by atoms with Gasteiger partial charge in [0.1, 0.15) is 0 Å². The van der Waals surface area contributed by atoms with E-state index in [0.717, 1.165) is 9.88 Å². The predicted molar refractivity (Wildman–Crippen MR) is 77.7 cm³/mol. The summed E-state index contributed by atoms with van der Waals surface area (Å²) in [5.41, 5.74) is -0.353. The molecule has 0 radical (unpaired) electrons. The van der Waals surface area contributed by atoms with E-state index < -0.39 is 0 Å². The SMILES string of the molecule is Cc1ncc(CNc2nccn(C(C)(C)C)c2=O)s1. The number of aromatic nitrogens is 3. The second-order valence-electron chi connectivity index (χ2n) is 5.32. The maximum Gasteiger partial charge on any atom is 0.293 e. The zero-order chi connectivity index (χ0) is 14.0. The van der Waals surface area contributed by atoms with Crippen molar-refractivity contribution in [2.45, 2.75) is 39.8 Å². The van der Waals surface area contributed by atoms with Crippen molar-refractivity contribution in [1.82, 2.24) is 14.5 Å². The van der Waals surface area contributed by atoms with Crippen LogP contribution >= 0.6 is 11.3 Å². The Morgan fingerprint density at radius 2 is 2.11 bits per heavy atom. The van der Waals surface area contributed by atoms with Crippen LogP contribution in [0.5, 0.6) is 0 Å².